The molecule has 0 radical (unpaired) electrons. The highest BCUT2D eigenvalue weighted by Gasteiger charge is 1.92. The van der Waals surface area contributed by atoms with Crippen molar-refractivity contribution in [2.24, 2.45) is 4.99 Å². The molecule has 0 spiro atoms. The van der Waals surface area contributed by atoms with Crippen LogP contribution in [-0.4, -0.2) is 17.6 Å². The van der Waals surface area contributed by atoms with Crippen LogP contribution in [0, 0.1) is 0 Å². The summed E-state index contributed by atoms with van der Waals surface area (Å²) in [5.74, 6) is 0.876. The van der Waals surface area contributed by atoms with Crippen molar-refractivity contribution >= 4 is 11.6 Å². The van der Waals surface area contributed by atoms with E-state index in [2.05, 4.69) is 4.99 Å². The average molecular weight is 179 g/mol. The van der Waals surface area contributed by atoms with Gasteiger partial charge in [0.25, 0.3) is 0 Å². The number of benzene rings is 1. The molecule has 1 aromatic rings. The van der Waals surface area contributed by atoms with Gasteiger partial charge in [-0.3, -0.25) is 0 Å². The van der Waals surface area contributed by atoms with Crippen LogP contribution in [0.25, 0.3) is 0 Å². The van der Waals surface area contributed by atoms with Gasteiger partial charge in [-0.2, -0.15) is 0 Å². The zero-order valence-corrected chi connectivity index (χ0v) is 7.82. The third kappa shape index (κ3) is 3.15. The number of aliphatic imine (C=N–C) groups is 1. The summed E-state index contributed by atoms with van der Waals surface area (Å²) in [4.78, 5) is 4.17. The fraction of sp³-hybridized carbons (Fsp3) is 0.300. The molecule has 0 aliphatic carbocycles. The summed E-state index contributed by atoms with van der Waals surface area (Å²) in [7, 11) is 0. The van der Waals surface area contributed by atoms with Gasteiger partial charge in [0.1, 0.15) is 5.75 Å². The Kier molecular flexibility index (Phi) is 3.31. The van der Waals surface area contributed by atoms with Gasteiger partial charge in [0.05, 0.1) is 12.3 Å². The average Bonchev–Trinajstić information content (AvgIpc) is 2.09. The summed E-state index contributed by atoms with van der Waals surface area (Å²) >= 11 is 0. The van der Waals surface area contributed by atoms with Crippen molar-refractivity contribution in [3.8, 4) is 5.75 Å². The first-order valence-electron chi connectivity index (χ1n) is 4.19. The van der Waals surface area contributed by atoms with Gasteiger partial charge in [0.15, 0.2) is 5.90 Å². The van der Waals surface area contributed by atoms with Crippen LogP contribution >= 0.6 is 0 Å². The highest BCUT2D eigenvalue weighted by Crippen LogP contribution is 2.16. The Bertz CT molecular complexity index is 290. The lowest BCUT2D eigenvalue weighted by molar-refractivity contribution is 0.325. The standard InChI is InChI=1S/C10H13NO2/c1-3-13-8(2)11-9-4-6-10(12)7-5-9/h4-7,12H,3H2,1-2H3/b11-8-. The Morgan fingerprint density at radius 2 is 2.00 bits per heavy atom. The molecule has 0 saturated carbocycles. The molecule has 1 aromatic carbocycles. The molecular weight excluding hydrogens is 166 g/mol. The smallest absolute Gasteiger partial charge is 0.185 e. The van der Waals surface area contributed by atoms with Crippen molar-refractivity contribution in [3.05, 3.63) is 24.3 Å². The molecule has 0 saturated heterocycles. The minimum absolute atomic E-state index is 0.244. The third-order valence-electron chi connectivity index (χ3n) is 1.49. The Hall–Kier alpha value is -1.51. The molecule has 0 aromatic heterocycles. The van der Waals surface area contributed by atoms with Gasteiger partial charge in [-0.25, -0.2) is 4.99 Å². The molecular formula is C10H13NO2. The largest absolute Gasteiger partial charge is 0.508 e. The Balaban J connectivity index is 2.73. The molecule has 0 bridgehead atoms. The molecule has 0 unspecified atom stereocenters. The maximum absolute atomic E-state index is 9.01. The predicted molar refractivity (Wildman–Crippen MR) is 52.5 cm³/mol. The monoisotopic (exact) mass is 179 g/mol. The first kappa shape index (κ1) is 9.58. The molecule has 13 heavy (non-hydrogen) atoms. The topological polar surface area (TPSA) is 41.8 Å². The Labute approximate surface area is 77.7 Å². The van der Waals surface area contributed by atoms with Crippen LogP contribution in [0.15, 0.2) is 29.3 Å². The van der Waals surface area contributed by atoms with Crippen LogP contribution in [0.1, 0.15) is 13.8 Å². The van der Waals surface area contributed by atoms with Gasteiger partial charge in [-0.05, 0) is 31.2 Å². The lowest BCUT2D eigenvalue weighted by atomic mass is 10.3. The van der Waals surface area contributed by atoms with E-state index >= 15 is 0 Å². The van der Waals surface area contributed by atoms with E-state index in [-0.39, 0.29) is 5.75 Å². The van der Waals surface area contributed by atoms with E-state index in [0.717, 1.165) is 5.69 Å². The van der Waals surface area contributed by atoms with Gasteiger partial charge < -0.3 is 9.84 Å². The Morgan fingerprint density at radius 3 is 2.54 bits per heavy atom. The number of nitrogens with zero attached hydrogens (tertiary/aromatic N) is 1. The second-order valence-corrected chi connectivity index (χ2v) is 2.58. The van der Waals surface area contributed by atoms with Crippen molar-refractivity contribution in [2.45, 2.75) is 13.8 Å². The molecule has 0 aliphatic rings. The predicted octanol–water partition coefficient (Wildman–Crippen LogP) is 2.48. The summed E-state index contributed by atoms with van der Waals surface area (Å²) in [6.07, 6.45) is 0. The van der Waals surface area contributed by atoms with Gasteiger partial charge >= 0.3 is 0 Å². The highest BCUT2D eigenvalue weighted by atomic mass is 16.5. The summed E-state index contributed by atoms with van der Waals surface area (Å²) in [6.45, 7) is 4.33. The van der Waals surface area contributed by atoms with Crippen molar-refractivity contribution < 1.29 is 9.84 Å². The number of hydrogen-bond acceptors (Lipinski definition) is 3. The summed E-state index contributed by atoms with van der Waals surface area (Å²) in [6, 6.07) is 6.66. The summed E-state index contributed by atoms with van der Waals surface area (Å²) < 4.78 is 5.16. The number of phenolic OH excluding ortho intramolecular Hbond substituents is 1. The zero-order chi connectivity index (χ0) is 9.68. The van der Waals surface area contributed by atoms with E-state index in [9.17, 15) is 0 Å². The second kappa shape index (κ2) is 4.50. The molecule has 70 valence electrons. The van der Waals surface area contributed by atoms with E-state index < -0.39 is 0 Å². The van der Waals surface area contributed by atoms with E-state index in [1.807, 2.05) is 6.92 Å². The lowest BCUT2D eigenvalue weighted by Gasteiger charge is -2.00. The SMILES string of the molecule is CCO/C(C)=N\c1ccc(O)cc1. The highest BCUT2D eigenvalue weighted by molar-refractivity contribution is 5.76. The minimum Gasteiger partial charge on any atom is -0.508 e. The number of rotatable bonds is 2. The number of ether oxygens (including phenoxy) is 1. The molecule has 3 nitrogen and oxygen atoms in total. The molecule has 0 atom stereocenters. The van der Waals surface area contributed by atoms with Gasteiger partial charge in [0, 0.05) is 6.92 Å². The van der Waals surface area contributed by atoms with Crippen LogP contribution in [0.5, 0.6) is 5.75 Å². The first-order chi connectivity index (χ1) is 6.22. The van der Waals surface area contributed by atoms with Crippen LogP contribution < -0.4 is 0 Å². The van der Waals surface area contributed by atoms with Crippen LogP contribution in [0.2, 0.25) is 0 Å². The van der Waals surface area contributed by atoms with Crippen molar-refractivity contribution in [1.29, 1.82) is 0 Å². The van der Waals surface area contributed by atoms with E-state index in [1.165, 1.54) is 0 Å². The fourth-order valence-corrected chi connectivity index (χ4v) is 0.950. The van der Waals surface area contributed by atoms with Gasteiger partial charge in [-0.15, -0.1) is 0 Å². The van der Waals surface area contributed by atoms with Crippen LogP contribution in [-0.2, 0) is 4.74 Å². The fourth-order valence-electron chi connectivity index (χ4n) is 0.950. The molecule has 3 heteroatoms. The second-order valence-electron chi connectivity index (χ2n) is 2.58. The quantitative estimate of drug-likeness (QED) is 0.559. The summed E-state index contributed by atoms with van der Waals surface area (Å²) in [5.41, 5.74) is 0.781. The van der Waals surface area contributed by atoms with Crippen LogP contribution in [0.3, 0.4) is 0 Å². The van der Waals surface area contributed by atoms with Crippen LogP contribution in [0.4, 0.5) is 5.69 Å². The number of aromatic hydroxyl groups is 1. The maximum atomic E-state index is 9.01. The molecule has 1 rings (SSSR count). The van der Waals surface area contributed by atoms with Crippen molar-refractivity contribution in [3.63, 3.8) is 0 Å². The molecule has 1 N–H and O–H groups in total. The first-order valence-corrected chi connectivity index (χ1v) is 4.19. The minimum atomic E-state index is 0.244. The van der Waals surface area contributed by atoms with Crippen molar-refractivity contribution in [1.82, 2.24) is 0 Å². The normalized spacial score (nSPS) is 11.4. The Morgan fingerprint density at radius 1 is 1.38 bits per heavy atom. The molecule has 0 heterocycles. The summed E-state index contributed by atoms with van der Waals surface area (Å²) in [5, 5.41) is 9.01. The zero-order valence-electron chi connectivity index (χ0n) is 7.82. The van der Waals surface area contributed by atoms with Gasteiger partial charge in [-0.1, -0.05) is 0 Å². The molecule has 0 aliphatic heterocycles. The van der Waals surface area contributed by atoms with Crippen molar-refractivity contribution in [2.75, 3.05) is 6.61 Å². The number of hydrogen-bond donors (Lipinski definition) is 1. The third-order valence-corrected chi connectivity index (χ3v) is 1.49. The molecule has 0 fully saturated rings. The lowest BCUT2D eigenvalue weighted by Crippen LogP contribution is -1.97. The van der Waals surface area contributed by atoms with Gasteiger partial charge in [0.2, 0.25) is 0 Å². The molecule has 0 amide bonds. The number of phenols is 1. The van der Waals surface area contributed by atoms with E-state index in [1.54, 1.807) is 31.2 Å². The van der Waals surface area contributed by atoms with E-state index in [0.29, 0.717) is 12.5 Å². The maximum Gasteiger partial charge on any atom is 0.185 e. The van der Waals surface area contributed by atoms with E-state index in [4.69, 9.17) is 9.84 Å².